The van der Waals surface area contributed by atoms with Crippen molar-refractivity contribution in [3.8, 4) is 0 Å². The molecule has 2 aliphatic rings. The lowest BCUT2D eigenvalue weighted by Crippen LogP contribution is -2.29. The molecular weight excluding hydrogens is 248 g/mol. The molecule has 1 aliphatic heterocycles. The maximum Gasteiger partial charge on any atom is 0.0681 e. The number of aliphatic hydroxyl groups is 1. The van der Waals surface area contributed by atoms with Crippen molar-refractivity contribution in [2.45, 2.75) is 44.9 Å². The van der Waals surface area contributed by atoms with Crippen LogP contribution in [-0.4, -0.2) is 35.7 Å². The van der Waals surface area contributed by atoms with Gasteiger partial charge in [0.2, 0.25) is 0 Å². The molecule has 110 valence electrons. The van der Waals surface area contributed by atoms with Crippen molar-refractivity contribution in [2.24, 2.45) is 5.92 Å². The van der Waals surface area contributed by atoms with Crippen LogP contribution in [0.15, 0.2) is 24.3 Å². The fraction of sp³-hybridized carbons (Fsp3) is 0.647. The maximum atomic E-state index is 9.21. The predicted octanol–water partition coefficient (Wildman–Crippen LogP) is 2.31. The minimum Gasteiger partial charge on any atom is -0.392 e. The van der Waals surface area contributed by atoms with E-state index in [1.165, 1.54) is 37.9 Å². The smallest absolute Gasteiger partial charge is 0.0681 e. The summed E-state index contributed by atoms with van der Waals surface area (Å²) in [6.07, 6.45) is 4.18. The van der Waals surface area contributed by atoms with Crippen LogP contribution in [0.25, 0.3) is 0 Å². The van der Waals surface area contributed by atoms with Gasteiger partial charge in [-0.3, -0.25) is 0 Å². The van der Waals surface area contributed by atoms with E-state index in [4.69, 9.17) is 0 Å². The molecule has 2 fully saturated rings. The number of aliphatic hydroxyl groups excluding tert-OH is 1. The molecule has 1 saturated heterocycles. The van der Waals surface area contributed by atoms with Gasteiger partial charge in [-0.05, 0) is 56.3 Å². The highest BCUT2D eigenvalue weighted by Crippen LogP contribution is 2.31. The molecule has 1 aromatic carbocycles. The Kier molecular flexibility index (Phi) is 4.39. The minimum atomic E-state index is 0.125. The van der Waals surface area contributed by atoms with Gasteiger partial charge in [-0.1, -0.05) is 24.3 Å². The third kappa shape index (κ3) is 3.40. The van der Waals surface area contributed by atoms with Gasteiger partial charge in [0, 0.05) is 18.6 Å². The number of likely N-dealkylation sites (tertiary alicyclic amines) is 1. The standard InChI is InChI=1S/C17H26N2O/c1-13(16-4-2-3-14(9-16)12-20)18-10-15-7-8-19(11-15)17-5-6-17/h2-4,9,13,15,17-18,20H,5-8,10-12H2,1H3. The first kappa shape index (κ1) is 14.1. The monoisotopic (exact) mass is 274 g/mol. The van der Waals surface area contributed by atoms with Crippen LogP contribution in [0.4, 0.5) is 0 Å². The summed E-state index contributed by atoms with van der Waals surface area (Å²) >= 11 is 0. The van der Waals surface area contributed by atoms with Gasteiger partial charge in [0.1, 0.15) is 0 Å². The van der Waals surface area contributed by atoms with Crippen LogP contribution in [0.5, 0.6) is 0 Å². The first-order valence-electron chi connectivity index (χ1n) is 7.93. The number of benzene rings is 1. The van der Waals surface area contributed by atoms with Crippen LogP contribution in [0.3, 0.4) is 0 Å². The third-order valence-corrected chi connectivity index (χ3v) is 4.73. The molecule has 2 N–H and O–H groups in total. The SMILES string of the molecule is CC(NCC1CCN(C2CC2)C1)c1cccc(CO)c1. The van der Waals surface area contributed by atoms with Crippen LogP contribution in [0.2, 0.25) is 0 Å². The number of hydrogen-bond acceptors (Lipinski definition) is 3. The summed E-state index contributed by atoms with van der Waals surface area (Å²) in [5.74, 6) is 0.805. The summed E-state index contributed by atoms with van der Waals surface area (Å²) < 4.78 is 0. The molecule has 20 heavy (non-hydrogen) atoms. The summed E-state index contributed by atoms with van der Waals surface area (Å²) in [7, 11) is 0. The molecule has 1 aromatic rings. The summed E-state index contributed by atoms with van der Waals surface area (Å²) in [6.45, 7) is 6.02. The molecule has 0 bridgehead atoms. The molecule has 2 unspecified atom stereocenters. The predicted molar refractivity (Wildman–Crippen MR) is 81.5 cm³/mol. The largest absolute Gasteiger partial charge is 0.392 e. The third-order valence-electron chi connectivity index (χ3n) is 4.73. The Labute approximate surface area is 122 Å². The molecule has 3 heteroatoms. The maximum absolute atomic E-state index is 9.21. The zero-order chi connectivity index (χ0) is 13.9. The molecular formula is C17H26N2O. The summed E-state index contributed by atoms with van der Waals surface area (Å²) in [5.41, 5.74) is 2.27. The number of nitrogens with one attached hydrogen (secondary N) is 1. The second-order valence-corrected chi connectivity index (χ2v) is 6.41. The highest BCUT2D eigenvalue weighted by Gasteiger charge is 2.34. The Balaban J connectivity index is 1.47. The first-order chi connectivity index (χ1) is 9.76. The molecule has 0 amide bonds. The molecule has 1 heterocycles. The molecule has 0 spiro atoms. The first-order valence-corrected chi connectivity index (χ1v) is 7.93. The van der Waals surface area contributed by atoms with Crippen molar-refractivity contribution < 1.29 is 5.11 Å². The normalized spacial score (nSPS) is 25.0. The van der Waals surface area contributed by atoms with E-state index in [0.717, 1.165) is 24.1 Å². The van der Waals surface area contributed by atoms with E-state index in [1.807, 2.05) is 12.1 Å². The molecule has 2 atom stereocenters. The van der Waals surface area contributed by atoms with Gasteiger partial charge in [-0.2, -0.15) is 0 Å². The van der Waals surface area contributed by atoms with Crippen LogP contribution in [0, 0.1) is 5.92 Å². The van der Waals surface area contributed by atoms with E-state index < -0.39 is 0 Å². The van der Waals surface area contributed by atoms with Crippen molar-refractivity contribution >= 4 is 0 Å². The van der Waals surface area contributed by atoms with Gasteiger partial charge in [-0.15, -0.1) is 0 Å². The Morgan fingerprint density at radius 1 is 1.35 bits per heavy atom. The van der Waals surface area contributed by atoms with E-state index in [9.17, 15) is 5.11 Å². The molecule has 3 nitrogen and oxygen atoms in total. The summed E-state index contributed by atoms with van der Waals surface area (Å²) in [6, 6.07) is 9.52. The van der Waals surface area contributed by atoms with Crippen molar-refractivity contribution in [3.63, 3.8) is 0 Å². The van der Waals surface area contributed by atoms with E-state index >= 15 is 0 Å². The van der Waals surface area contributed by atoms with E-state index in [0.29, 0.717) is 6.04 Å². The molecule has 3 rings (SSSR count). The highest BCUT2D eigenvalue weighted by atomic mass is 16.3. The topological polar surface area (TPSA) is 35.5 Å². The summed E-state index contributed by atoms with van der Waals surface area (Å²) in [4.78, 5) is 2.67. The molecule has 1 aliphatic carbocycles. The fourth-order valence-electron chi connectivity index (χ4n) is 3.22. The number of rotatable bonds is 6. The average molecular weight is 274 g/mol. The average Bonchev–Trinajstić information content (AvgIpc) is 3.24. The second kappa shape index (κ2) is 6.25. The lowest BCUT2D eigenvalue weighted by molar-refractivity contribution is 0.281. The van der Waals surface area contributed by atoms with E-state index in [2.05, 4.69) is 29.3 Å². The van der Waals surface area contributed by atoms with Gasteiger partial charge in [0.15, 0.2) is 0 Å². The Morgan fingerprint density at radius 2 is 2.20 bits per heavy atom. The lowest BCUT2D eigenvalue weighted by atomic mass is 10.0. The lowest BCUT2D eigenvalue weighted by Gasteiger charge is -2.19. The van der Waals surface area contributed by atoms with Gasteiger partial charge in [0.25, 0.3) is 0 Å². The van der Waals surface area contributed by atoms with Gasteiger partial charge >= 0.3 is 0 Å². The number of nitrogens with zero attached hydrogens (tertiary/aromatic N) is 1. The Bertz CT molecular complexity index is 444. The minimum absolute atomic E-state index is 0.125. The molecule has 0 aromatic heterocycles. The Morgan fingerprint density at radius 3 is 2.95 bits per heavy atom. The van der Waals surface area contributed by atoms with Crippen LogP contribution in [-0.2, 0) is 6.61 Å². The zero-order valence-electron chi connectivity index (χ0n) is 12.4. The van der Waals surface area contributed by atoms with Crippen LogP contribution in [0.1, 0.15) is 43.4 Å². The zero-order valence-corrected chi connectivity index (χ0v) is 12.4. The fourth-order valence-corrected chi connectivity index (χ4v) is 3.22. The molecule has 0 radical (unpaired) electrons. The van der Waals surface area contributed by atoms with Crippen molar-refractivity contribution in [1.29, 1.82) is 0 Å². The van der Waals surface area contributed by atoms with Gasteiger partial charge < -0.3 is 15.3 Å². The van der Waals surface area contributed by atoms with Crippen molar-refractivity contribution in [1.82, 2.24) is 10.2 Å². The van der Waals surface area contributed by atoms with Crippen LogP contribution < -0.4 is 5.32 Å². The Hall–Kier alpha value is -0.900. The van der Waals surface area contributed by atoms with Gasteiger partial charge in [-0.25, -0.2) is 0 Å². The summed E-state index contributed by atoms with van der Waals surface area (Å²) in [5, 5.41) is 12.9. The highest BCUT2D eigenvalue weighted by molar-refractivity contribution is 5.25. The van der Waals surface area contributed by atoms with Gasteiger partial charge in [0.05, 0.1) is 6.61 Å². The van der Waals surface area contributed by atoms with E-state index in [-0.39, 0.29) is 6.61 Å². The van der Waals surface area contributed by atoms with E-state index in [1.54, 1.807) is 0 Å². The second-order valence-electron chi connectivity index (χ2n) is 6.41. The van der Waals surface area contributed by atoms with Crippen LogP contribution >= 0.6 is 0 Å². The molecule has 1 saturated carbocycles. The quantitative estimate of drug-likeness (QED) is 0.835. The number of hydrogen-bond donors (Lipinski definition) is 2. The van der Waals surface area contributed by atoms with Crippen molar-refractivity contribution in [2.75, 3.05) is 19.6 Å². The van der Waals surface area contributed by atoms with Crippen molar-refractivity contribution in [3.05, 3.63) is 35.4 Å².